The second-order valence-corrected chi connectivity index (χ2v) is 13.2. The largest absolute Gasteiger partial charge is 0.449 e. The minimum atomic E-state index is -0.909. The molecule has 7 aromatic rings. The van der Waals surface area contributed by atoms with Gasteiger partial charge in [0.1, 0.15) is 6.61 Å². The zero-order valence-electron chi connectivity index (χ0n) is 27.7. The van der Waals surface area contributed by atoms with Gasteiger partial charge in [-0.25, -0.2) is 4.79 Å². The van der Waals surface area contributed by atoms with Crippen molar-refractivity contribution in [3.05, 3.63) is 208 Å². The first-order chi connectivity index (χ1) is 25.0. The monoisotopic (exact) mass is 685 g/mol. The van der Waals surface area contributed by atoms with E-state index in [1.54, 1.807) is 12.1 Å². The molecule has 8 rings (SSSR count). The van der Waals surface area contributed by atoms with E-state index < -0.39 is 12.1 Å². The topological polar surface area (TPSA) is 71.2 Å². The number of H-pyrrole nitrogens is 1. The number of alkyl carbamates (subject to hydrolysis) is 1. The standard InChI is InChI=1S/C45H34ClN2O3/c46-40-25-31(23-24-38(40)43(29-13-3-1-4-14-29)30-15-5-2-6-16-30)44(49)42(26-32-27-47-41-22-12-11-17-33(32)41)48-45(50)51-28-39-36-20-9-7-18-34(36)35-19-8-10-21-37(35)39/h1-25,27,39,42,47H,26,28H2,(H,48,50)/t42-/m0/s1. The lowest BCUT2D eigenvalue weighted by Crippen LogP contribution is -2.43. The van der Waals surface area contributed by atoms with Crippen LogP contribution in [0.4, 0.5) is 4.79 Å². The number of carbonyl (C=O) groups is 2. The lowest BCUT2D eigenvalue weighted by molar-refractivity contribution is 0.0919. The molecule has 0 saturated heterocycles. The number of fused-ring (bicyclic) bond motifs is 4. The van der Waals surface area contributed by atoms with Crippen molar-refractivity contribution in [3.8, 4) is 11.1 Å². The Kier molecular flexibility index (Phi) is 8.96. The third-order valence-electron chi connectivity index (χ3n) is 9.70. The van der Waals surface area contributed by atoms with Crippen LogP contribution in [0, 0.1) is 5.92 Å². The predicted molar refractivity (Wildman–Crippen MR) is 203 cm³/mol. The summed E-state index contributed by atoms with van der Waals surface area (Å²) < 4.78 is 5.90. The molecular weight excluding hydrogens is 652 g/mol. The first kappa shape index (κ1) is 32.3. The summed E-state index contributed by atoms with van der Waals surface area (Å²) in [6.07, 6.45) is 1.50. The van der Waals surface area contributed by atoms with Gasteiger partial charge >= 0.3 is 6.09 Å². The number of rotatable bonds is 10. The first-order valence-electron chi connectivity index (χ1n) is 17.0. The average molecular weight is 686 g/mol. The number of hydrogen-bond donors (Lipinski definition) is 2. The summed E-state index contributed by atoms with van der Waals surface area (Å²) in [7, 11) is 0. The van der Waals surface area contributed by atoms with E-state index in [-0.39, 0.29) is 24.7 Å². The Bertz CT molecular complexity index is 2270. The number of Topliss-reactive ketones (excluding diaryl/α,β-unsaturated/α-hetero) is 1. The number of carbonyl (C=O) groups excluding carboxylic acids is 2. The van der Waals surface area contributed by atoms with E-state index in [4.69, 9.17) is 16.3 Å². The zero-order valence-corrected chi connectivity index (χ0v) is 28.4. The lowest BCUT2D eigenvalue weighted by Gasteiger charge is -2.21. The van der Waals surface area contributed by atoms with Crippen LogP contribution in [0.15, 0.2) is 158 Å². The van der Waals surface area contributed by atoms with Gasteiger partial charge in [0.15, 0.2) is 5.78 Å². The van der Waals surface area contributed by atoms with Crippen molar-refractivity contribution in [2.24, 2.45) is 0 Å². The maximum absolute atomic E-state index is 14.4. The van der Waals surface area contributed by atoms with E-state index >= 15 is 0 Å². The van der Waals surface area contributed by atoms with Crippen LogP contribution >= 0.6 is 11.6 Å². The van der Waals surface area contributed by atoms with Crippen LogP contribution in [0.1, 0.15) is 49.7 Å². The molecule has 1 amide bonds. The fourth-order valence-corrected chi connectivity index (χ4v) is 7.55. The molecule has 6 heteroatoms. The Balaban J connectivity index is 1.07. The number of aromatic nitrogens is 1. The Morgan fingerprint density at radius 2 is 1.27 bits per heavy atom. The van der Waals surface area contributed by atoms with Gasteiger partial charge in [-0.15, -0.1) is 0 Å². The van der Waals surface area contributed by atoms with E-state index in [0.29, 0.717) is 10.6 Å². The molecule has 1 aliphatic rings. The number of hydrogen-bond acceptors (Lipinski definition) is 3. The summed E-state index contributed by atoms with van der Waals surface area (Å²) in [5, 5.41) is 4.36. The maximum Gasteiger partial charge on any atom is 0.407 e. The minimum absolute atomic E-state index is 0.100. The van der Waals surface area contributed by atoms with Crippen molar-refractivity contribution in [1.82, 2.24) is 10.3 Å². The molecule has 0 spiro atoms. The molecule has 1 aliphatic carbocycles. The molecule has 0 saturated carbocycles. The van der Waals surface area contributed by atoms with E-state index in [2.05, 4.69) is 34.6 Å². The van der Waals surface area contributed by atoms with Gasteiger partial charge in [-0.3, -0.25) is 4.79 Å². The van der Waals surface area contributed by atoms with Gasteiger partial charge in [0.2, 0.25) is 0 Å². The normalized spacial score (nSPS) is 12.7. The van der Waals surface area contributed by atoms with Crippen LogP contribution in [0.2, 0.25) is 5.02 Å². The van der Waals surface area contributed by atoms with Crippen LogP contribution in [0.25, 0.3) is 22.0 Å². The number of para-hydroxylation sites is 1. The number of nitrogens with one attached hydrogen (secondary N) is 2. The fraction of sp³-hybridized carbons (Fsp3) is 0.0889. The van der Waals surface area contributed by atoms with Gasteiger partial charge < -0.3 is 15.0 Å². The summed E-state index contributed by atoms with van der Waals surface area (Å²) in [4.78, 5) is 31.2. The van der Waals surface area contributed by atoms with Crippen LogP contribution in [0.3, 0.4) is 0 Å². The van der Waals surface area contributed by atoms with Gasteiger partial charge in [-0.1, -0.05) is 151 Å². The van der Waals surface area contributed by atoms with Gasteiger partial charge in [0, 0.05) is 40.0 Å². The average Bonchev–Trinajstić information content (AvgIpc) is 3.73. The van der Waals surface area contributed by atoms with Crippen LogP contribution in [0.5, 0.6) is 0 Å². The van der Waals surface area contributed by atoms with E-state index in [9.17, 15) is 9.59 Å². The highest BCUT2D eigenvalue weighted by Crippen LogP contribution is 2.44. The van der Waals surface area contributed by atoms with Crippen molar-refractivity contribution in [3.63, 3.8) is 0 Å². The molecule has 0 fully saturated rings. The molecular formula is C45H34ClN2O3. The summed E-state index contributed by atoms with van der Waals surface area (Å²) in [5.74, 6) is 0.604. The zero-order chi connectivity index (χ0) is 34.7. The first-order valence-corrected chi connectivity index (χ1v) is 17.4. The van der Waals surface area contributed by atoms with E-state index in [1.807, 2.05) is 121 Å². The van der Waals surface area contributed by atoms with E-state index in [0.717, 1.165) is 61.3 Å². The second-order valence-electron chi connectivity index (χ2n) is 12.8. The molecule has 1 radical (unpaired) electrons. The van der Waals surface area contributed by atoms with Crippen LogP contribution < -0.4 is 5.32 Å². The molecule has 1 heterocycles. The fourth-order valence-electron chi connectivity index (χ4n) is 7.27. The molecule has 249 valence electrons. The van der Waals surface area contributed by atoms with Crippen molar-refractivity contribution in [1.29, 1.82) is 0 Å². The van der Waals surface area contributed by atoms with Crippen molar-refractivity contribution >= 4 is 34.4 Å². The van der Waals surface area contributed by atoms with Gasteiger partial charge in [0.25, 0.3) is 0 Å². The highest BCUT2D eigenvalue weighted by Gasteiger charge is 2.31. The maximum atomic E-state index is 14.4. The Hall–Kier alpha value is -5.91. The van der Waals surface area contributed by atoms with Gasteiger partial charge in [-0.05, 0) is 56.6 Å². The van der Waals surface area contributed by atoms with Crippen molar-refractivity contribution in [2.75, 3.05) is 6.61 Å². The van der Waals surface area contributed by atoms with E-state index in [1.165, 1.54) is 0 Å². The van der Waals surface area contributed by atoms with Gasteiger partial charge in [-0.2, -0.15) is 0 Å². The Labute approximate surface area is 301 Å². The third kappa shape index (κ3) is 6.44. The summed E-state index contributed by atoms with van der Waals surface area (Å²) >= 11 is 7.01. The highest BCUT2D eigenvalue weighted by atomic mass is 35.5. The molecule has 2 N–H and O–H groups in total. The highest BCUT2D eigenvalue weighted by molar-refractivity contribution is 6.32. The van der Waals surface area contributed by atoms with Crippen molar-refractivity contribution < 1.29 is 14.3 Å². The minimum Gasteiger partial charge on any atom is -0.449 e. The molecule has 1 aromatic heterocycles. The lowest BCUT2D eigenvalue weighted by atomic mass is 9.84. The quantitative estimate of drug-likeness (QED) is 0.111. The number of ketones is 1. The second kappa shape index (κ2) is 14.1. The summed E-state index contributed by atoms with van der Waals surface area (Å²) in [6, 6.07) is 48.9. The molecule has 0 aliphatic heterocycles. The van der Waals surface area contributed by atoms with Crippen LogP contribution in [-0.4, -0.2) is 29.5 Å². The molecule has 5 nitrogen and oxygen atoms in total. The Morgan fingerprint density at radius 1 is 0.686 bits per heavy atom. The predicted octanol–water partition coefficient (Wildman–Crippen LogP) is 10.2. The summed E-state index contributed by atoms with van der Waals surface area (Å²) in [6.45, 7) is 0.145. The smallest absolute Gasteiger partial charge is 0.407 e. The Morgan fingerprint density at radius 3 is 1.92 bits per heavy atom. The molecule has 1 atom stereocenters. The third-order valence-corrected chi connectivity index (χ3v) is 10.0. The number of ether oxygens (including phenoxy) is 1. The van der Waals surface area contributed by atoms with Crippen molar-refractivity contribution in [2.45, 2.75) is 18.4 Å². The number of halogens is 1. The van der Waals surface area contributed by atoms with Gasteiger partial charge in [0.05, 0.1) is 12.0 Å². The van der Waals surface area contributed by atoms with Crippen LogP contribution in [-0.2, 0) is 11.2 Å². The molecule has 0 unspecified atom stereocenters. The number of benzene rings is 6. The molecule has 6 aromatic carbocycles. The number of amides is 1. The summed E-state index contributed by atoms with van der Waals surface area (Å²) in [5.41, 5.74) is 9.63. The number of aromatic amines is 1. The SMILES string of the molecule is O=C(N[C@@H](Cc1c[nH]c2ccccc12)C(=O)c1ccc([C](c2ccccc2)c2ccccc2)c(Cl)c1)OCC1c2ccccc2-c2ccccc21. The molecule has 51 heavy (non-hydrogen) atoms. The molecule has 0 bridgehead atoms.